The lowest BCUT2D eigenvalue weighted by Crippen LogP contribution is -2.44. The molecule has 0 radical (unpaired) electrons. The molecular formula is C27H30N8O5. The largest absolute Gasteiger partial charge is 0.383 e. The van der Waals surface area contributed by atoms with Gasteiger partial charge in [0.15, 0.2) is 0 Å². The molecule has 0 bridgehead atoms. The van der Waals surface area contributed by atoms with Gasteiger partial charge in [0.25, 0.3) is 5.91 Å². The van der Waals surface area contributed by atoms with Crippen LogP contribution < -0.4 is 22.5 Å². The number of carbonyl (C=O) groups is 3. The van der Waals surface area contributed by atoms with Crippen molar-refractivity contribution in [1.82, 2.24) is 29.2 Å². The fraction of sp³-hybridized carbons (Fsp3) is 0.333. The van der Waals surface area contributed by atoms with Gasteiger partial charge >= 0.3 is 5.69 Å². The SMILES string of the molecule is Cn1c(=O)n(C2CCC(=O)NC2=O)c2ccc(CCCOCCn3cc(-c4cnc(N)c(C(N)=O)c4)cn3)cc21. The lowest BCUT2D eigenvalue weighted by molar-refractivity contribution is -0.135. The van der Waals surface area contributed by atoms with Gasteiger partial charge in [-0.15, -0.1) is 0 Å². The van der Waals surface area contributed by atoms with Crippen LogP contribution in [-0.4, -0.2) is 54.8 Å². The summed E-state index contributed by atoms with van der Waals surface area (Å²) in [5.74, 6) is -1.31. The number of nitrogens with zero attached hydrogens (tertiary/aromatic N) is 5. The number of hydrogen-bond donors (Lipinski definition) is 3. The highest BCUT2D eigenvalue weighted by atomic mass is 16.5. The maximum Gasteiger partial charge on any atom is 0.329 e. The summed E-state index contributed by atoms with van der Waals surface area (Å²) in [5.41, 5.74) is 14.9. The zero-order valence-electron chi connectivity index (χ0n) is 22.0. The van der Waals surface area contributed by atoms with E-state index in [1.807, 2.05) is 24.4 Å². The number of nitrogens with one attached hydrogen (secondary N) is 1. The molecule has 4 heterocycles. The molecule has 0 aliphatic carbocycles. The third-order valence-corrected chi connectivity index (χ3v) is 7.04. The normalized spacial score (nSPS) is 15.5. The summed E-state index contributed by atoms with van der Waals surface area (Å²) in [4.78, 5) is 52.4. The fourth-order valence-corrected chi connectivity index (χ4v) is 4.90. The van der Waals surface area contributed by atoms with Crippen LogP contribution >= 0.6 is 0 Å². The summed E-state index contributed by atoms with van der Waals surface area (Å²) in [6.07, 6.45) is 7.13. The van der Waals surface area contributed by atoms with Crippen LogP contribution in [0.3, 0.4) is 0 Å². The van der Waals surface area contributed by atoms with E-state index < -0.39 is 17.9 Å². The number of pyridine rings is 1. The van der Waals surface area contributed by atoms with Crippen molar-refractivity contribution < 1.29 is 19.1 Å². The molecule has 0 spiro atoms. The van der Waals surface area contributed by atoms with Crippen LogP contribution in [0.1, 0.15) is 41.2 Å². The van der Waals surface area contributed by atoms with Gasteiger partial charge in [-0.05, 0) is 43.0 Å². The van der Waals surface area contributed by atoms with E-state index in [0.717, 1.165) is 29.5 Å². The number of fused-ring (bicyclic) bond motifs is 1. The minimum Gasteiger partial charge on any atom is -0.383 e. The van der Waals surface area contributed by atoms with Gasteiger partial charge < -0.3 is 16.2 Å². The Balaban J connectivity index is 1.13. The number of primary amides is 1. The number of ether oxygens (including phenoxy) is 1. The van der Waals surface area contributed by atoms with Gasteiger partial charge in [0.2, 0.25) is 11.8 Å². The zero-order chi connectivity index (χ0) is 28.4. The monoisotopic (exact) mass is 546 g/mol. The van der Waals surface area contributed by atoms with Crippen LogP contribution in [0.15, 0.2) is 47.7 Å². The number of piperidine rings is 1. The second-order valence-corrected chi connectivity index (χ2v) is 9.73. The zero-order valence-corrected chi connectivity index (χ0v) is 22.0. The van der Waals surface area contributed by atoms with E-state index in [1.54, 1.807) is 30.2 Å². The summed E-state index contributed by atoms with van der Waals surface area (Å²) >= 11 is 0. The molecule has 0 saturated carbocycles. The number of aromatic nitrogens is 5. The lowest BCUT2D eigenvalue weighted by Gasteiger charge is -2.21. The minimum atomic E-state index is -0.699. The van der Waals surface area contributed by atoms with E-state index in [-0.39, 0.29) is 29.4 Å². The van der Waals surface area contributed by atoms with Crippen molar-refractivity contribution in [3.63, 3.8) is 0 Å². The molecule has 4 aromatic rings. The van der Waals surface area contributed by atoms with Crippen molar-refractivity contribution >= 4 is 34.6 Å². The fourth-order valence-electron chi connectivity index (χ4n) is 4.90. The molecule has 3 aromatic heterocycles. The van der Waals surface area contributed by atoms with Gasteiger partial charge in [0.1, 0.15) is 11.9 Å². The molecule has 1 saturated heterocycles. The van der Waals surface area contributed by atoms with Crippen molar-refractivity contribution in [3.05, 3.63) is 64.5 Å². The highest BCUT2D eigenvalue weighted by Gasteiger charge is 2.31. The maximum absolute atomic E-state index is 12.9. The molecule has 40 heavy (non-hydrogen) atoms. The van der Waals surface area contributed by atoms with E-state index in [2.05, 4.69) is 15.4 Å². The summed E-state index contributed by atoms with van der Waals surface area (Å²) in [5, 5.41) is 6.66. The van der Waals surface area contributed by atoms with Gasteiger partial charge in [-0.3, -0.25) is 33.5 Å². The van der Waals surface area contributed by atoms with E-state index in [4.69, 9.17) is 16.2 Å². The number of anilines is 1. The summed E-state index contributed by atoms with van der Waals surface area (Å²) < 4.78 is 10.6. The Kier molecular flexibility index (Phi) is 7.47. The number of imidazole rings is 1. The first-order chi connectivity index (χ1) is 19.2. The number of hydrogen-bond acceptors (Lipinski definition) is 8. The summed E-state index contributed by atoms with van der Waals surface area (Å²) in [6.45, 7) is 1.56. The second kappa shape index (κ2) is 11.1. The number of amides is 3. The molecule has 1 aliphatic heterocycles. The van der Waals surface area contributed by atoms with E-state index in [0.29, 0.717) is 37.3 Å². The molecule has 208 valence electrons. The first kappa shape index (κ1) is 26.8. The predicted molar refractivity (Wildman–Crippen MR) is 146 cm³/mol. The first-order valence-electron chi connectivity index (χ1n) is 12.9. The van der Waals surface area contributed by atoms with Crippen LogP contribution in [0, 0.1) is 0 Å². The molecule has 13 heteroatoms. The lowest BCUT2D eigenvalue weighted by atomic mass is 10.1. The van der Waals surface area contributed by atoms with Gasteiger partial charge in [0, 0.05) is 43.6 Å². The number of benzene rings is 1. The van der Waals surface area contributed by atoms with Crippen molar-refractivity contribution in [2.45, 2.75) is 38.3 Å². The summed E-state index contributed by atoms with van der Waals surface area (Å²) in [6, 6.07) is 6.66. The molecule has 3 amide bonds. The molecule has 1 aromatic carbocycles. The van der Waals surface area contributed by atoms with Crippen LogP contribution in [0.2, 0.25) is 0 Å². The van der Waals surface area contributed by atoms with Gasteiger partial charge in [-0.25, -0.2) is 9.78 Å². The minimum absolute atomic E-state index is 0.0895. The maximum atomic E-state index is 12.9. The molecular weight excluding hydrogens is 516 g/mol. The molecule has 1 unspecified atom stereocenters. The molecule has 1 atom stereocenters. The molecule has 1 fully saturated rings. The highest BCUT2D eigenvalue weighted by molar-refractivity contribution is 6.00. The predicted octanol–water partition coefficient (Wildman–Crippen LogP) is 0.907. The number of nitrogens with two attached hydrogens (primary N) is 2. The number of nitrogen functional groups attached to an aromatic ring is 1. The third kappa shape index (κ3) is 5.36. The highest BCUT2D eigenvalue weighted by Crippen LogP contribution is 2.24. The van der Waals surface area contributed by atoms with Crippen molar-refractivity contribution in [2.24, 2.45) is 12.8 Å². The molecule has 13 nitrogen and oxygen atoms in total. The Hall–Kier alpha value is -4.78. The number of aryl methyl sites for hydroxylation is 2. The third-order valence-electron chi connectivity index (χ3n) is 7.04. The van der Waals surface area contributed by atoms with Crippen molar-refractivity contribution in [1.29, 1.82) is 0 Å². The molecule has 1 aliphatic rings. The Morgan fingerprint density at radius 1 is 1.12 bits per heavy atom. The van der Waals surface area contributed by atoms with Gasteiger partial charge in [0.05, 0.1) is 35.9 Å². The van der Waals surface area contributed by atoms with E-state index >= 15 is 0 Å². The topological polar surface area (TPSA) is 182 Å². The van der Waals surface area contributed by atoms with E-state index in [9.17, 15) is 19.2 Å². The van der Waals surface area contributed by atoms with Crippen molar-refractivity contribution in [3.8, 4) is 11.1 Å². The number of rotatable bonds is 10. The standard InChI is InChI=1S/C27H30N8O5/c1-33-22-11-16(4-5-20(22)35(27(33)39)21-6-7-23(36)32-26(21)38)3-2-9-40-10-8-34-15-18(14-31-34)17-12-19(25(29)37)24(28)30-13-17/h4-5,11-15,21H,2-3,6-10H2,1H3,(H2,28,30)(H2,29,37)(H,32,36,38). The second-order valence-electron chi connectivity index (χ2n) is 9.73. The molecule has 5 N–H and O–H groups in total. The Morgan fingerprint density at radius 2 is 1.95 bits per heavy atom. The van der Waals surface area contributed by atoms with Gasteiger partial charge in [-0.1, -0.05) is 6.07 Å². The van der Waals surface area contributed by atoms with E-state index in [1.165, 1.54) is 9.13 Å². The smallest absolute Gasteiger partial charge is 0.329 e. The number of imide groups is 1. The van der Waals surface area contributed by atoms with Crippen LogP contribution in [0.4, 0.5) is 5.82 Å². The van der Waals surface area contributed by atoms with Crippen molar-refractivity contribution in [2.75, 3.05) is 18.9 Å². The average Bonchev–Trinajstić information content (AvgIpc) is 3.49. The number of carbonyl (C=O) groups excluding carboxylic acids is 3. The van der Waals surface area contributed by atoms with Crippen LogP contribution in [0.5, 0.6) is 0 Å². The Bertz CT molecular complexity index is 1670. The Morgan fingerprint density at radius 3 is 2.73 bits per heavy atom. The summed E-state index contributed by atoms with van der Waals surface area (Å²) in [7, 11) is 1.68. The average molecular weight is 547 g/mol. The molecule has 5 rings (SSSR count). The quantitative estimate of drug-likeness (QED) is 0.194. The Labute approximate surface area is 228 Å². The van der Waals surface area contributed by atoms with Crippen LogP contribution in [0.25, 0.3) is 22.2 Å². The first-order valence-corrected chi connectivity index (χ1v) is 12.9. The van der Waals surface area contributed by atoms with Gasteiger partial charge in [-0.2, -0.15) is 5.10 Å². The van der Waals surface area contributed by atoms with Crippen LogP contribution in [-0.2, 0) is 34.3 Å².